The van der Waals surface area contributed by atoms with E-state index in [1.165, 1.54) is 5.56 Å². The van der Waals surface area contributed by atoms with E-state index in [9.17, 15) is 4.79 Å². The second-order valence-corrected chi connectivity index (χ2v) is 7.65. The molecule has 6 heteroatoms. The zero-order chi connectivity index (χ0) is 18.5. The molecule has 0 atom stereocenters. The Morgan fingerprint density at radius 1 is 1.23 bits per heavy atom. The van der Waals surface area contributed by atoms with Crippen LogP contribution < -0.4 is 0 Å². The number of nitrogens with one attached hydrogen (secondary N) is 1. The third-order valence-corrected chi connectivity index (χ3v) is 5.45. The molecule has 0 unspecified atom stereocenters. The highest BCUT2D eigenvalue weighted by molar-refractivity contribution is 9.10. The topological polar surface area (TPSA) is 52.2 Å². The first-order valence-corrected chi connectivity index (χ1v) is 9.82. The Balaban J connectivity index is 1.52. The molecule has 1 saturated heterocycles. The number of piperazine rings is 1. The predicted molar refractivity (Wildman–Crippen MR) is 108 cm³/mol. The van der Waals surface area contributed by atoms with Crippen LogP contribution in [0.5, 0.6) is 0 Å². The van der Waals surface area contributed by atoms with Crippen molar-refractivity contribution in [2.24, 2.45) is 0 Å². The van der Waals surface area contributed by atoms with Crippen LogP contribution in [-0.2, 0) is 0 Å². The number of amides is 1. The molecule has 0 saturated carbocycles. The highest BCUT2D eigenvalue weighted by Gasteiger charge is 2.26. The zero-order valence-corrected chi connectivity index (χ0v) is 16.9. The number of rotatable bonds is 5. The van der Waals surface area contributed by atoms with Crippen LogP contribution in [0.3, 0.4) is 0 Å². The van der Waals surface area contributed by atoms with Gasteiger partial charge in [-0.25, -0.2) is 0 Å². The molecule has 5 nitrogen and oxygen atoms in total. The van der Waals surface area contributed by atoms with Gasteiger partial charge in [-0.3, -0.25) is 14.8 Å². The first-order valence-electron chi connectivity index (χ1n) is 9.03. The molecular weight excluding hydrogens is 392 g/mol. The van der Waals surface area contributed by atoms with Crippen molar-refractivity contribution >= 4 is 27.9 Å². The number of nitrogens with zero attached hydrogens (tertiary/aromatic N) is 3. The Morgan fingerprint density at radius 2 is 1.92 bits per heavy atom. The summed E-state index contributed by atoms with van der Waals surface area (Å²) in [5, 5.41) is 7.21. The fourth-order valence-electron chi connectivity index (χ4n) is 3.05. The molecule has 3 rings (SSSR count). The second-order valence-electron chi connectivity index (χ2n) is 6.86. The van der Waals surface area contributed by atoms with E-state index in [-0.39, 0.29) is 5.91 Å². The van der Waals surface area contributed by atoms with E-state index in [0.29, 0.717) is 11.6 Å². The normalized spacial score (nSPS) is 15.9. The van der Waals surface area contributed by atoms with Crippen LogP contribution in [0.25, 0.3) is 6.08 Å². The third kappa shape index (κ3) is 4.43. The van der Waals surface area contributed by atoms with Gasteiger partial charge in [0.2, 0.25) is 0 Å². The molecule has 1 N–H and O–H groups in total. The maximum absolute atomic E-state index is 12.7. The average molecular weight is 417 g/mol. The molecule has 26 heavy (non-hydrogen) atoms. The molecule has 0 bridgehead atoms. The summed E-state index contributed by atoms with van der Waals surface area (Å²) in [6.07, 6.45) is 4.33. The van der Waals surface area contributed by atoms with Crippen molar-refractivity contribution < 1.29 is 4.79 Å². The van der Waals surface area contributed by atoms with Gasteiger partial charge in [-0.2, -0.15) is 5.10 Å². The summed E-state index contributed by atoms with van der Waals surface area (Å²) < 4.78 is 0.797. The quantitative estimate of drug-likeness (QED) is 0.806. The summed E-state index contributed by atoms with van der Waals surface area (Å²) in [4.78, 5) is 17.0. The second kappa shape index (κ2) is 8.64. The first kappa shape index (κ1) is 18.9. The highest BCUT2D eigenvalue weighted by Crippen LogP contribution is 2.26. The van der Waals surface area contributed by atoms with Gasteiger partial charge in [-0.05, 0) is 27.4 Å². The molecule has 1 amide bonds. The molecule has 0 aliphatic carbocycles. The molecule has 1 aromatic carbocycles. The smallest absolute Gasteiger partial charge is 0.275 e. The fourth-order valence-corrected chi connectivity index (χ4v) is 3.86. The molecule has 0 spiro atoms. The van der Waals surface area contributed by atoms with Crippen LogP contribution in [0, 0.1) is 0 Å². The number of benzene rings is 1. The van der Waals surface area contributed by atoms with Crippen molar-refractivity contribution in [2.75, 3.05) is 32.7 Å². The highest BCUT2D eigenvalue weighted by atomic mass is 79.9. The van der Waals surface area contributed by atoms with Gasteiger partial charge in [0.15, 0.2) is 5.69 Å². The van der Waals surface area contributed by atoms with Crippen molar-refractivity contribution in [3.63, 3.8) is 0 Å². The minimum Gasteiger partial charge on any atom is -0.335 e. The molecule has 0 radical (unpaired) electrons. The van der Waals surface area contributed by atoms with E-state index >= 15 is 0 Å². The van der Waals surface area contributed by atoms with E-state index in [1.807, 2.05) is 23.1 Å². The average Bonchev–Trinajstić information content (AvgIpc) is 3.04. The molecule has 1 aliphatic heterocycles. The van der Waals surface area contributed by atoms with Crippen molar-refractivity contribution in [1.29, 1.82) is 0 Å². The number of aromatic nitrogens is 2. The van der Waals surface area contributed by atoms with Crippen molar-refractivity contribution in [1.82, 2.24) is 20.0 Å². The third-order valence-electron chi connectivity index (χ3n) is 4.65. The molecule has 2 heterocycles. The Morgan fingerprint density at radius 3 is 2.54 bits per heavy atom. The van der Waals surface area contributed by atoms with Crippen LogP contribution in [0.15, 0.2) is 40.9 Å². The molecule has 1 fully saturated rings. The zero-order valence-electron chi connectivity index (χ0n) is 15.3. The van der Waals surface area contributed by atoms with Gasteiger partial charge in [0.05, 0.1) is 10.2 Å². The Labute approximate surface area is 163 Å². The van der Waals surface area contributed by atoms with E-state index in [0.717, 1.165) is 42.9 Å². The van der Waals surface area contributed by atoms with Crippen LogP contribution in [-0.4, -0.2) is 58.6 Å². The van der Waals surface area contributed by atoms with Gasteiger partial charge in [0.25, 0.3) is 5.91 Å². The largest absolute Gasteiger partial charge is 0.335 e. The summed E-state index contributed by atoms with van der Waals surface area (Å²) in [6, 6.07) is 10.3. The van der Waals surface area contributed by atoms with Crippen LogP contribution in [0.2, 0.25) is 0 Å². The Kier molecular flexibility index (Phi) is 6.27. The van der Waals surface area contributed by atoms with E-state index < -0.39 is 0 Å². The monoisotopic (exact) mass is 416 g/mol. The summed E-state index contributed by atoms with van der Waals surface area (Å²) in [5.74, 6) is 0.297. The lowest BCUT2D eigenvalue weighted by Crippen LogP contribution is -2.48. The number of hydrogen-bond donors (Lipinski definition) is 1. The van der Waals surface area contributed by atoms with Crippen molar-refractivity contribution in [3.05, 3.63) is 57.8 Å². The maximum atomic E-state index is 12.7. The van der Waals surface area contributed by atoms with E-state index in [2.05, 4.69) is 69.2 Å². The lowest BCUT2D eigenvalue weighted by Gasteiger charge is -2.33. The van der Waals surface area contributed by atoms with Gasteiger partial charge < -0.3 is 4.90 Å². The number of carbonyl (C=O) groups excluding carboxylic acids is 1. The van der Waals surface area contributed by atoms with Gasteiger partial charge in [0, 0.05) is 32.7 Å². The Hall–Kier alpha value is -1.92. The summed E-state index contributed by atoms with van der Waals surface area (Å²) in [5.41, 5.74) is 2.68. The lowest BCUT2D eigenvalue weighted by atomic mass is 10.1. The molecule has 138 valence electrons. The SMILES string of the molecule is CC(C)c1[nH]nc(C(=O)N2CCN(C/C=C/c3ccccc3)CC2)c1Br. The Bertz CT molecular complexity index is 761. The number of hydrogen-bond acceptors (Lipinski definition) is 3. The fraction of sp³-hybridized carbons (Fsp3) is 0.400. The number of H-pyrrole nitrogens is 1. The van der Waals surface area contributed by atoms with Crippen molar-refractivity contribution in [3.8, 4) is 0 Å². The molecule has 1 aromatic heterocycles. The maximum Gasteiger partial charge on any atom is 0.275 e. The minimum atomic E-state index is -0.000461. The number of aromatic amines is 1. The number of halogens is 1. The van der Waals surface area contributed by atoms with Crippen LogP contribution >= 0.6 is 15.9 Å². The molecular formula is C20H25BrN4O. The lowest BCUT2D eigenvalue weighted by molar-refractivity contribution is 0.0643. The molecule has 1 aliphatic rings. The van der Waals surface area contributed by atoms with Gasteiger partial charge >= 0.3 is 0 Å². The van der Waals surface area contributed by atoms with Gasteiger partial charge in [-0.15, -0.1) is 0 Å². The van der Waals surface area contributed by atoms with Crippen LogP contribution in [0.1, 0.15) is 41.5 Å². The van der Waals surface area contributed by atoms with Crippen molar-refractivity contribution in [2.45, 2.75) is 19.8 Å². The van der Waals surface area contributed by atoms with Gasteiger partial charge in [0.1, 0.15) is 0 Å². The summed E-state index contributed by atoms with van der Waals surface area (Å²) in [6.45, 7) is 8.28. The summed E-state index contributed by atoms with van der Waals surface area (Å²) >= 11 is 3.53. The van der Waals surface area contributed by atoms with Gasteiger partial charge in [-0.1, -0.05) is 56.3 Å². The first-order chi connectivity index (χ1) is 12.6. The number of carbonyl (C=O) groups is 1. The molecule has 2 aromatic rings. The minimum absolute atomic E-state index is 0.000461. The predicted octanol–water partition coefficient (Wildman–Crippen LogP) is 3.77. The van der Waals surface area contributed by atoms with E-state index in [4.69, 9.17) is 0 Å². The summed E-state index contributed by atoms with van der Waals surface area (Å²) in [7, 11) is 0. The standard InChI is InChI=1S/C20H25BrN4O/c1-15(2)18-17(21)19(23-22-18)20(26)25-13-11-24(12-14-25)10-6-9-16-7-4-3-5-8-16/h3-9,15H,10-14H2,1-2H3,(H,22,23)/b9-6+. The van der Waals surface area contributed by atoms with E-state index in [1.54, 1.807) is 0 Å². The van der Waals surface area contributed by atoms with Crippen LogP contribution in [0.4, 0.5) is 0 Å².